The van der Waals surface area contributed by atoms with Gasteiger partial charge in [0.1, 0.15) is 0 Å². The second-order valence-corrected chi connectivity index (χ2v) is 5.79. The van der Waals surface area contributed by atoms with Crippen molar-refractivity contribution in [3.05, 3.63) is 35.9 Å². The third kappa shape index (κ3) is 3.80. The molecule has 19 heavy (non-hydrogen) atoms. The fraction of sp³-hybridized carbons (Fsp3) is 0.562. The lowest BCUT2D eigenvalue weighted by Crippen LogP contribution is -2.46. The summed E-state index contributed by atoms with van der Waals surface area (Å²) in [5, 5.41) is 8.93. The normalized spacial score (nSPS) is 28.2. The Kier molecular flexibility index (Phi) is 4.59. The maximum Gasteiger partial charge on any atom is 0.303 e. The van der Waals surface area contributed by atoms with Crippen molar-refractivity contribution in [3.63, 3.8) is 0 Å². The minimum absolute atomic E-state index is 0.313. The molecule has 1 aromatic carbocycles. The Labute approximate surface area is 115 Å². The standard InChI is InChI=1S/C16H23NO2/c1-12-8-15(10-16(18)19)9-13(2)17(12)11-14-6-4-3-5-7-14/h3-7,12-13,15H,8-11H2,1-2H3,(H,18,19)/t12-,13+,15?. The number of rotatable bonds is 4. The van der Waals surface area contributed by atoms with Crippen LogP contribution >= 0.6 is 0 Å². The largest absolute Gasteiger partial charge is 0.481 e. The smallest absolute Gasteiger partial charge is 0.303 e. The van der Waals surface area contributed by atoms with E-state index in [4.69, 9.17) is 5.11 Å². The monoisotopic (exact) mass is 261 g/mol. The van der Waals surface area contributed by atoms with E-state index in [0.717, 1.165) is 19.4 Å². The zero-order chi connectivity index (χ0) is 13.8. The van der Waals surface area contributed by atoms with Gasteiger partial charge in [0.25, 0.3) is 0 Å². The Morgan fingerprint density at radius 1 is 1.21 bits per heavy atom. The molecule has 1 heterocycles. The molecule has 2 rings (SSSR count). The first-order chi connectivity index (χ1) is 9.06. The van der Waals surface area contributed by atoms with E-state index in [9.17, 15) is 4.79 Å². The van der Waals surface area contributed by atoms with E-state index in [-0.39, 0.29) is 0 Å². The summed E-state index contributed by atoms with van der Waals surface area (Å²) in [4.78, 5) is 13.3. The van der Waals surface area contributed by atoms with Gasteiger partial charge in [-0.05, 0) is 38.2 Å². The van der Waals surface area contributed by atoms with Crippen molar-refractivity contribution in [1.82, 2.24) is 4.90 Å². The minimum Gasteiger partial charge on any atom is -0.481 e. The van der Waals surface area contributed by atoms with Crippen molar-refractivity contribution in [1.29, 1.82) is 0 Å². The number of hydrogen-bond acceptors (Lipinski definition) is 2. The molecule has 0 aromatic heterocycles. The molecule has 3 heteroatoms. The second-order valence-electron chi connectivity index (χ2n) is 5.79. The highest BCUT2D eigenvalue weighted by Gasteiger charge is 2.31. The highest BCUT2D eigenvalue weighted by atomic mass is 16.4. The van der Waals surface area contributed by atoms with Crippen LogP contribution in [0.15, 0.2) is 30.3 Å². The van der Waals surface area contributed by atoms with Gasteiger partial charge in [0.15, 0.2) is 0 Å². The lowest BCUT2D eigenvalue weighted by atomic mass is 9.85. The SMILES string of the molecule is C[C@@H]1CC(CC(=O)O)C[C@H](C)N1Cc1ccccc1. The van der Waals surface area contributed by atoms with E-state index < -0.39 is 5.97 Å². The molecule has 1 aromatic rings. The van der Waals surface area contributed by atoms with Crippen LogP contribution < -0.4 is 0 Å². The average Bonchev–Trinajstić information content (AvgIpc) is 2.34. The van der Waals surface area contributed by atoms with Crippen molar-refractivity contribution in [2.45, 2.75) is 51.7 Å². The third-order valence-electron chi connectivity index (χ3n) is 4.15. The van der Waals surface area contributed by atoms with Crippen LogP contribution in [0.2, 0.25) is 0 Å². The van der Waals surface area contributed by atoms with Crippen LogP contribution in [0.25, 0.3) is 0 Å². The molecule has 3 nitrogen and oxygen atoms in total. The molecular weight excluding hydrogens is 238 g/mol. The molecular formula is C16H23NO2. The molecule has 0 amide bonds. The predicted molar refractivity (Wildman–Crippen MR) is 75.9 cm³/mol. The maximum absolute atomic E-state index is 10.8. The van der Waals surface area contributed by atoms with Gasteiger partial charge in [0.05, 0.1) is 0 Å². The zero-order valence-electron chi connectivity index (χ0n) is 11.7. The molecule has 0 aliphatic carbocycles. The minimum atomic E-state index is -0.666. The summed E-state index contributed by atoms with van der Waals surface area (Å²) in [7, 11) is 0. The highest BCUT2D eigenvalue weighted by Crippen LogP contribution is 2.31. The van der Waals surface area contributed by atoms with Crippen LogP contribution in [0.5, 0.6) is 0 Å². The van der Waals surface area contributed by atoms with Crippen molar-refractivity contribution in [2.24, 2.45) is 5.92 Å². The lowest BCUT2D eigenvalue weighted by molar-refractivity contribution is -0.138. The molecule has 1 aliphatic heterocycles. The summed E-state index contributed by atoms with van der Waals surface area (Å²) < 4.78 is 0. The first-order valence-electron chi connectivity index (χ1n) is 7.07. The van der Waals surface area contributed by atoms with E-state index >= 15 is 0 Å². The number of nitrogens with zero attached hydrogens (tertiary/aromatic N) is 1. The van der Waals surface area contributed by atoms with Gasteiger partial charge < -0.3 is 5.11 Å². The van der Waals surface area contributed by atoms with Gasteiger partial charge in [0, 0.05) is 25.0 Å². The fourth-order valence-corrected chi connectivity index (χ4v) is 3.29. The maximum atomic E-state index is 10.8. The van der Waals surface area contributed by atoms with Crippen LogP contribution in [0.3, 0.4) is 0 Å². The lowest BCUT2D eigenvalue weighted by Gasteiger charge is -2.42. The summed E-state index contributed by atoms with van der Waals surface area (Å²) in [6, 6.07) is 11.4. The third-order valence-corrected chi connectivity index (χ3v) is 4.15. The molecule has 1 N–H and O–H groups in total. The van der Waals surface area contributed by atoms with E-state index in [1.807, 2.05) is 6.07 Å². The van der Waals surface area contributed by atoms with E-state index in [1.165, 1.54) is 5.56 Å². The Hall–Kier alpha value is -1.35. The molecule has 0 bridgehead atoms. The highest BCUT2D eigenvalue weighted by molar-refractivity contribution is 5.67. The molecule has 1 fully saturated rings. The number of aliphatic carboxylic acids is 1. The Bertz CT molecular complexity index is 406. The number of benzene rings is 1. The first kappa shape index (κ1) is 14.1. The van der Waals surface area contributed by atoms with Crippen molar-refractivity contribution in [2.75, 3.05) is 0 Å². The molecule has 0 radical (unpaired) electrons. The van der Waals surface area contributed by atoms with E-state index in [0.29, 0.717) is 24.4 Å². The average molecular weight is 261 g/mol. The molecule has 104 valence electrons. The molecule has 0 saturated carbocycles. The van der Waals surface area contributed by atoms with Crippen LogP contribution in [0, 0.1) is 5.92 Å². The molecule has 1 saturated heterocycles. The van der Waals surface area contributed by atoms with Gasteiger partial charge in [-0.25, -0.2) is 0 Å². The van der Waals surface area contributed by atoms with Gasteiger partial charge >= 0.3 is 5.97 Å². The number of hydrogen-bond donors (Lipinski definition) is 1. The second kappa shape index (κ2) is 6.20. The van der Waals surface area contributed by atoms with Crippen molar-refractivity contribution < 1.29 is 9.90 Å². The van der Waals surface area contributed by atoms with Gasteiger partial charge in [-0.2, -0.15) is 0 Å². The number of likely N-dealkylation sites (tertiary alicyclic amines) is 1. The molecule has 1 aliphatic rings. The summed E-state index contributed by atoms with van der Waals surface area (Å²) in [6.07, 6.45) is 2.29. The van der Waals surface area contributed by atoms with Crippen molar-refractivity contribution >= 4 is 5.97 Å². The molecule has 3 atom stereocenters. The topological polar surface area (TPSA) is 40.5 Å². The summed E-state index contributed by atoms with van der Waals surface area (Å²) in [6.45, 7) is 5.39. The number of piperidine rings is 1. The van der Waals surface area contributed by atoms with Crippen LogP contribution in [0.1, 0.15) is 38.7 Å². The Balaban J connectivity index is 1.98. The number of carbonyl (C=O) groups is 1. The Morgan fingerprint density at radius 2 is 1.79 bits per heavy atom. The predicted octanol–water partition coefficient (Wildman–Crippen LogP) is 3.15. The van der Waals surface area contributed by atoms with Gasteiger partial charge in [-0.1, -0.05) is 30.3 Å². The summed E-state index contributed by atoms with van der Waals surface area (Å²) >= 11 is 0. The summed E-state index contributed by atoms with van der Waals surface area (Å²) in [5.74, 6) is -0.338. The zero-order valence-corrected chi connectivity index (χ0v) is 11.7. The summed E-state index contributed by atoms with van der Waals surface area (Å²) in [5.41, 5.74) is 1.33. The fourth-order valence-electron chi connectivity index (χ4n) is 3.29. The van der Waals surface area contributed by atoms with Gasteiger partial charge in [-0.15, -0.1) is 0 Å². The van der Waals surface area contributed by atoms with Gasteiger partial charge in [0.2, 0.25) is 0 Å². The molecule has 0 spiro atoms. The van der Waals surface area contributed by atoms with E-state index in [2.05, 4.69) is 43.0 Å². The molecule has 1 unspecified atom stereocenters. The van der Waals surface area contributed by atoms with Crippen LogP contribution in [-0.4, -0.2) is 28.1 Å². The number of carboxylic acids is 1. The quantitative estimate of drug-likeness (QED) is 0.905. The first-order valence-corrected chi connectivity index (χ1v) is 7.07. The van der Waals surface area contributed by atoms with Gasteiger partial charge in [-0.3, -0.25) is 9.69 Å². The van der Waals surface area contributed by atoms with Crippen LogP contribution in [-0.2, 0) is 11.3 Å². The number of carboxylic acid groups (broad SMARTS) is 1. The Morgan fingerprint density at radius 3 is 2.32 bits per heavy atom. The van der Waals surface area contributed by atoms with E-state index in [1.54, 1.807) is 0 Å². The van der Waals surface area contributed by atoms with Crippen molar-refractivity contribution in [3.8, 4) is 0 Å². The van der Waals surface area contributed by atoms with Crippen LogP contribution in [0.4, 0.5) is 0 Å².